The molecule has 24 heavy (non-hydrogen) atoms. The van der Waals surface area contributed by atoms with Crippen LogP contribution in [0, 0.1) is 23.1 Å². The molecule has 3 fully saturated rings. The average Bonchev–Trinajstić information content (AvgIpc) is 3.00. The fourth-order valence-electron chi connectivity index (χ4n) is 4.72. The predicted octanol–water partition coefficient (Wildman–Crippen LogP) is 2.44. The smallest absolute Gasteiger partial charge is 0.312 e. The van der Waals surface area contributed by atoms with E-state index in [1.165, 1.54) is 31.4 Å². The van der Waals surface area contributed by atoms with E-state index in [1.54, 1.807) is 12.1 Å². The average molecular weight is 332 g/mol. The first-order valence-corrected chi connectivity index (χ1v) is 8.98. The van der Waals surface area contributed by atoms with Gasteiger partial charge in [-0.25, -0.2) is 4.39 Å². The first kappa shape index (κ1) is 16.0. The number of carbonyl (C=O) groups is 1. The quantitative estimate of drug-likeness (QED) is 0.899. The number of nitrogens with zero attached hydrogens (tertiary/aromatic N) is 2. The lowest BCUT2D eigenvalue weighted by molar-refractivity contribution is -0.149. The molecule has 0 radical (unpaired) electrons. The highest BCUT2D eigenvalue weighted by atomic mass is 19.1. The van der Waals surface area contributed by atoms with E-state index in [4.69, 9.17) is 0 Å². The minimum Gasteiger partial charge on any atom is -0.481 e. The fourth-order valence-corrected chi connectivity index (χ4v) is 4.72. The summed E-state index contributed by atoms with van der Waals surface area (Å²) in [5.41, 5.74) is 0.423. The largest absolute Gasteiger partial charge is 0.481 e. The van der Waals surface area contributed by atoms with Gasteiger partial charge >= 0.3 is 5.97 Å². The van der Waals surface area contributed by atoms with Crippen molar-refractivity contribution < 1.29 is 14.3 Å². The number of fused-ring (bicyclic) bond motifs is 1. The van der Waals surface area contributed by atoms with Gasteiger partial charge in [-0.2, -0.15) is 0 Å². The second-order valence-corrected chi connectivity index (χ2v) is 7.95. The van der Waals surface area contributed by atoms with Crippen molar-refractivity contribution in [3.8, 4) is 0 Å². The molecule has 0 aromatic heterocycles. The van der Waals surface area contributed by atoms with Gasteiger partial charge in [-0.1, -0.05) is 18.6 Å². The normalized spacial score (nSPS) is 31.1. The van der Waals surface area contributed by atoms with Gasteiger partial charge in [0.2, 0.25) is 0 Å². The van der Waals surface area contributed by atoms with Crippen LogP contribution < -0.4 is 0 Å². The van der Waals surface area contributed by atoms with Gasteiger partial charge in [-0.3, -0.25) is 9.69 Å². The summed E-state index contributed by atoms with van der Waals surface area (Å²) in [6, 6.07) is 6.53. The molecule has 2 atom stereocenters. The van der Waals surface area contributed by atoms with Crippen LogP contribution in [-0.4, -0.2) is 53.6 Å². The monoisotopic (exact) mass is 332 g/mol. The van der Waals surface area contributed by atoms with Crippen LogP contribution in [0.3, 0.4) is 0 Å². The van der Waals surface area contributed by atoms with E-state index in [-0.39, 0.29) is 11.7 Å². The molecule has 4 nitrogen and oxygen atoms in total. The molecule has 5 heteroatoms. The van der Waals surface area contributed by atoms with Crippen LogP contribution in [0.1, 0.15) is 24.8 Å². The topological polar surface area (TPSA) is 43.8 Å². The fraction of sp³-hybridized carbons (Fsp3) is 0.632. The Bertz CT molecular complexity index is 616. The summed E-state index contributed by atoms with van der Waals surface area (Å²) >= 11 is 0. The number of halogens is 1. The summed E-state index contributed by atoms with van der Waals surface area (Å²) in [7, 11) is 0. The Morgan fingerprint density at radius 3 is 2.42 bits per heavy atom. The third kappa shape index (κ3) is 2.84. The lowest BCUT2D eigenvalue weighted by atomic mass is 9.81. The predicted molar refractivity (Wildman–Crippen MR) is 89.0 cm³/mol. The zero-order valence-corrected chi connectivity index (χ0v) is 14.0. The minimum absolute atomic E-state index is 0.204. The molecule has 1 saturated carbocycles. The molecule has 1 aromatic rings. The molecule has 0 spiro atoms. The van der Waals surface area contributed by atoms with E-state index < -0.39 is 11.4 Å². The van der Waals surface area contributed by atoms with Crippen LogP contribution in [0.25, 0.3) is 0 Å². The van der Waals surface area contributed by atoms with E-state index in [0.29, 0.717) is 19.6 Å². The van der Waals surface area contributed by atoms with Crippen LogP contribution in [0.4, 0.5) is 4.39 Å². The van der Waals surface area contributed by atoms with Crippen LogP contribution in [0.5, 0.6) is 0 Å². The van der Waals surface area contributed by atoms with Crippen molar-refractivity contribution in [1.29, 1.82) is 0 Å². The van der Waals surface area contributed by atoms with Crippen molar-refractivity contribution >= 4 is 5.97 Å². The molecule has 4 rings (SSSR count). The van der Waals surface area contributed by atoms with Crippen molar-refractivity contribution in [2.24, 2.45) is 17.3 Å². The molecule has 0 amide bonds. The van der Waals surface area contributed by atoms with E-state index in [9.17, 15) is 14.3 Å². The SMILES string of the molecule is O=C(O)[C@]12CN(Cc3ccc(F)cc3)C[C@H]1CN(CC1CCC1)C2. The van der Waals surface area contributed by atoms with Gasteiger partial charge in [-0.15, -0.1) is 0 Å². The molecular formula is C19H25FN2O2. The number of carboxylic acid groups (broad SMARTS) is 1. The van der Waals surface area contributed by atoms with Crippen molar-refractivity contribution in [2.75, 3.05) is 32.7 Å². The number of rotatable bonds is 5. The molecule has 2 aliphatic heterocycles. The zero-order chi connectivity index (χ0) is 16.7. The van der Waals surface area contributed by atoms with E-state index >= 15 is 0 Å². The molecule has 1 aliphatic carbocycles. The highest BCUT2D eigenvalue weighted by Crippen LogP contribution is 2.44. The maximum absolute atomic E-state index is 13.0. The third-order valence-electron chi connectivity index (χ3n) is 6.24. The van der Waals surface area contributed by atoms with Gasteiger partial charge in [0.15, 0.2) is 0 Å². The van der Waals surface area contributed by atoms with Gasteiger partial charge in [-0.05, 0) is 36.5 Å². The molecule has 2 saturated heterocycles. The molecule has 0 unspecified atom stereocenters. The first-order chi connectivity index (χ1) is 11.5. The standard InChI is InChI=1S/C19H25FN2O2/c20-17-6-4-15(5-7-17)9-22-11-16-10-21(8-14-2-1-3-14)12-19(16,13-22)18(23)24/h4-7,14,16H,1-3,8-13H2,(H,23,24)/t16-,19-/m1/s1. The Hall–Kier alpha value is -1.46. The maximum atomic E-state index is 13.0. The first-order valence-electron chi connectivity index (χ1n) is 8.98. The van der Waals surface area contributed by atoms with Gasteiger partial charge in [0.1, 0.15) is 5.82 Å². The van der Waals surface area contributed by atoms with Crippen LogP contribution in [-0.2, 0) is 11.3 Å². The summed E-state index contributed by atoms with van der Waals surface area (Å²) in [5, 5.41) is 9.91. The van der Waals surface area contributed by atoms with Crippen LogP contribution in [0.2, 0.25) is 0 Å². The third-order valence-corrected chi connectivity index (χ3v) is 6.24. The Morgan fingerprint density at radius 1 is 1.17 bits per heavy atom. The number of benzene rings is 1. The number of likely N-dealkylation sites (tertiary alicyclic amines) is 2. The van der Waals surface area contributed by atoms with E-state index in [1.807, 2.05) is 0 Å². The lowest BCUT2D eigenvalue weighted by Crippen LogP contribution is -2.41. The Morgan fingerprint density at radius 2 is 1.83 bits per heavy atom. The summed E-state index contributed by atoms with van der Waals surface area (Å²) in [6.45, 7) is 4.79. The summed E-state index contributed by atoms with van der Waals surface area (Å²) in [4.78, 5) is 16.7. The van der Waals surface area contributed by atoms with E-state index in [2.05, 4.69) is 9.80 Å². The number of hydrogen-bond acceptors (Lipinski definition) is 3. The second kappa shape index (κ2) is 6.12. The number of hydrogen-bond donors (Lipinski definition) is 1. The van der Waals surface area contributed by atoms with Gasteiger partial charge in [0.25, 0.3) is 0 Å². The van der Waals surface area contributed by atoms with Crippen molar-refractivity contribution in [1.82, 2.24) is 9.80 Å². The summed E-state index contributed by atoms with van der Waals surface area (Å²) in [5.74, 6) is 0.108. The zero-order valence-electron chi connectivity index (χ0n) is 14.0. The molecule has 130 valence electrons. The highest BCUT2D eigenvalue weighted by molar-refractivity contribution is 5.77. The van der Waals surface area contributed by atoms with Gasteiger partial charge in [0, 0.05) is 45.2 Å². The summed E-state index contributed by atoms with van der Waals surface area (Å²) in [6.07, 6.45) is 3.94. The maximum Gasteiger partial charge on any atom is 0.312 e. The van der Waals surface area contributed by atoms with Gasteiger partial charge in [0.05, 0.1) is 5.41 Å². The minimum atomic E-state index is -0.648. The van der Waals surface area contributed by atoms with Crippen molar-refractivity contribution in [3.63, 3.8) is 0 Å². The molecule has 1 N–H and O–H groups in total. The van der Waals surface area contributed by atoms with Crippen molar-refractivity contribution in [2.45, 2.75) is 25.8 Å². The summed E-state index contributed by atoms with van der Waals surface area (Å²) < 4.78 is 13.0. The molecule has 1 aromatic carbocycles. The van der Waals surface area contributed by atoms with E-state index in [0.717, 1.165) is 31.1 Å². The second-order valence-electron chi connectivity index (χ2n) is 7.95. The Kier molecular flexibility index (Phi) is 4.09. The molecule has 0 bridgehead atoms. The Labute approximate surface area is 142 Å². The number of aliphatic carboxylic acids is 1. The van der Waals surface area contributed by atoms with Crippen LogP contribution >= 0.6 is 0 Å². The Balaban J connectivity index is 1.42. The lowest BCUT2D eigenvalue weighted by Gasteiger charge is -2.31. The molecular weight excluding hydrogens is 307 g/mol. The van der Waals surface area contributed by atoms with Gasteiger partial charge < -0.3 is 10.0 Å². The van der Waals surface area contributed by atoms with Crippen LogP contribution in [0.15, 0.2) is 24.3 Å². The van der Waals surface area contributed by atoms with Crippen molar-refractivity contribution in [3.05, 3.63) is 35.6 Å². The molecule has 2 heterocycles. The molecule has 3 aliphatic rings. The highest BCUT2D eigenvalue weighted by Gasteiger charge is 2.57. The number of carboxylic acids is 1.